The predicted octanol–water partition coefficient (Wildman–Crippen LogP) is 36.9. The highest BCUT2D eigenvalue weighted by molar-refractivity contribution is 5.86. The van der Waals surface area contributed by atoms with Crippen LogP contribution in [0.15, 0.2) is 346 Å². The van der Waals surface area contributed by atoms with Crippen molar-refractivity contribution in [3.63, 3.8) is 0 Å². The van der Waals surface area contributed by atoms with E-state index in [1.165, 1.54) is 176 Å². The standard InChI is InChI=1S/C23H32.C22H28.2C19H24.C18H22.C14H16.C12H18/c1-18-8-12-20(13-9-18)23(6,17-7-16-22(3,4)5)21-14-10-19(2)11-15-21;1-21(2,3)18-14-16-22(17-15-18,19-10-6-4-7-11-19)20-12-8-5-9-13-20;1-19(2,3)18(14-16-10-6-4-7-11-16)15-17-12-8-5-9-13-17;1-19(2,3)15-14-18(16-10-6-4-7-11-16)17-12-8-5-9-13-17;1-18(2,3)14-13-15-9-11-17(12-10-15)16-7-5-4-6-8-16;1-14(2,3)13-10-6-8-11-7-4-5-9-12(11)13;1-9-6-7-11(10(2)8-9)12(3,4)5/h8-15H,7,16-17H2,1-6H3;4-13,18H,14-17H2,1-3H3;2*4-13,18H,14-15H2,1-3H3;4-12H,13-14H2,1-3H3;4-10H,1-3H3;6-8H,1-5H3. The summed E-state index contributed by atoms with van der Waals surface area (Å²) < 4.78 is 0. The van der Waals surface area contributed by atoms with Gasteiger partial charge in [0.05, 0.1) is 0 Å². The summed E-state index contributed by atoms with van der Waals surface area (Å²) in [4.78, 5) is 0. The summed E-state index contributed by atoms with van der Waals surface area (Å²) in [5.74, 6) is 2.02. The molecule has 0 heterocycles. The molecule has 0 amide bonds. The lowest BCUT2D eigenvalue weighted by molar-refractivity contribution is 0.146. The molecule has 0 heteroatoms. The van der Waals surface area contributed by atoms with E-state index in [0.29, 0.717) is 38.9 Å². The lowest BCUT2D eigenvalue weighted by Crippen LogP contribution is -2.36. The molecular formula is C127H164. The molecule has 0 spiro atoms. The SMILES string of the molecule is CC(C)(C)C(Cc1ccccc1)Cc1ccccc1.CC(C)(C)C1CCC(c2ccccc2)(c2ccccc2)CC1.CC(C)(C)CCC(c1ccccc1)c1ccccc1.CC(C)(C)CCc1ccc(-c2ccccc2)cc1.CC(C)(C)c1cccc2ccccc12.Cc1ccc(C(C)(C)C)c(C)c1.Cc1ccc(C(C)(CCCC(C)(C)C)c2ccc(C)cc2)cc1. The van der Waals surface area contributed by atoms with Crippen LogP contribution in [0.1, 0.15) is 306 Å². The first-order valence-corrected chi connectivity index (χ1v) is 48.0. The molecule has 1 fully saturated rings. The third-order valence-corrected chi connectivity index (χ3v) is 26.2. The summed E-state index contributed by atoms with van der Waals surface area (Å²) in [5.41, 5.74) is 26.7. The van der Waals surface area contributed by atoms with Crippen LogP contribution < -0.4 is 0 Å². The molecule has 1 aliphatic carbocycles. The molecule has 0 aromatic heterocycles. The van der Waals surface area contributed by atoms with Crippen LogP contribution in [0, 0.1) is 66.6 Å². The van der Waals surface area contributed by atoms with E-state index < -0.39 is 0 Å². The molecule has 0 bridgehead atoms. The molecule has 1 saturated carbocycles. The van der Waals surface area contributed by atoms with Gasteiger partial charge in [0, 0.05) is 16.7 Å². The summed E-state index contributed by atoms with van der Waals surface area (Å²) in [6, 6.07) is 125. The maximum atomic E-state index is 2.41. The minimum Gasteiger partial charge on any atom is -0.0622 e. The Balaban J connectivity index is 0.000000185. The van der Waals surface area contributed by atoms with Crippen molar-refractivity contribution >= 4 is 10.8 Å². The summed E-state index contributed by atoms with van der Waals surface area (Å²) in [6.07, 6.45) is 16.0. The van der Waals surface area contributed by atoms with E-state index in [0.717, 1.165) is 18.8 Å². The number of hydrogen-bond acceptors (Lipinski definition) is 0. The fourth-order valence-corrected chi connectivity index (χ4v) is 18.0. The van der Waals surface area contributed by atoms with Gasteiger partial charge in [0.1, 0.15) is 0 Å². The zero-order chi connectivity index (χ0) is 92.7. The van der Waals surface area contributed by atoms with Crippen LogP contribution in [-0.4, -0.2) is 0 Å². The third kappa shape index (κ3) is 34.3. The fourth-order valence-electron chi connectivity index (χ4n) is 18.0. The van der Waals surface area contributed by atoms with Crippen LogP contribution in [0.3, 0.4) is 0 Å². The second-order valence-electron chi connectivity index (χ2n) is 44.8. The van der Waals surface area contributed by atoms with E-state index in [-0.39, 0.29) is 21.7 Å². The molecule has 672 valence electrons. The summed E-state index contributed by atoms with van der Waals surface area (Å²) in [5, 5.41) is 2.71. The van der Waals surface area contributed by atoms with Gasteiger partial charge >= 0.3 is 0 Å². The molecule has 0 unspecified atom stereocenters. The number of hydrogen-bond donors (Lipinski definition) is 0. The van der Waals surface area contributed by atoms with Crippen molar-refractivity contribution in [2.45, 2.75) is 291 Å². The molecule has 0 nitrogen and oxygen atoms in total. The normalized spacial score (nSPS) is 13.1. The largest absolute Gasteiger partial charge is 0.0622 e. The number of fused-ring (bicyclic) bond motifs is 1. The molecule has 0 radical (unpaired) electrons. The van der Waals surface area contributed by atoms with E-state index >= 15 is 0 Å². The summed E-state index contributed by atoms with van der Waals surface area (Å²) in [7, 11) is 0. The van der Waals surface area contributed by atoms with Crippen LogP contribution in [0.4, 0.5) is 0 Å². The molecule has 0 saturated heterocycles. The maximum absolute atomic E-state index is 2.41. The van der Waals surface area contributed by atoms with Crippen molar-refractivity contribution in [1.29, 1.82) is 0 Å². The Morgan fingerprint density at radius 1 is 0.315 bits per heavy atom. The topological polar surface area (TPSA) is 0 Å². The molecular weight excluding hydrogens is 1530 g/mol. The first kappa shape index (κ1) is 103. The van der Waals surface area contributed by atoms with Gasteiger partial charge in [0.25, 0.3) is 0 Å². The van der Waals surface area contributed by atoms with Gasteiger partial charge < -0.3 is 0 Å². The lowest BCUT2D eigenvalue weighted by Gasteiger charge is -2.45. The van der Waals surface area contributed by atoms with Gasteiger partial charge in [-0.25, -0.2) is 0 Å². The minimum atomic E-state index is 0.0899. The van der Waals surface area contributed by atoms with Crippen molar-refractivity contribution in [1.82, 2.24) is 0 Å². The van der Waals surface area contributed by atoms with E-state index in [9.17, 15) is 0 Å². The van der Waals surface area contributed by atoms with Gasteiger partial charge in [-0.05, 0) is 243 Å². The smallest absolute Gasteiger partial charge is 0.0203 e. The lowest BCUT2D eigenvalue weighted by atomic mass is 9.59. The summed E-state index contributed by atoms with van der Waals surface area (Å²) >= 11 is 0. The van der Waals surface area contributed by atoms with Crippen molar-refractivity contribution in [2.24, 2.45) is 38.9 Å². The first-order valence-electron chi connectivity index (χ1n) is 48.0. The quantitative estimate of drug-likeness (QED) is 0.0803. The Morgan fingerprint density at radius 3 is 1.09 bits per heavy atom. The molecule has 13 aromatic rings. The second kappa shape index (κ2) is 47.4. The molecule has 127 heavy (non-hydrogen) atoms. The zero-order valence-electron chi connectivity index (χ0n) is 83.8. The van der Waals surface area contributed by atoms with Gasteiger partial charge in [-0.15, -0.1) is 0 Å². The zero-order valence-corrected chi connectivity index (χ0v) is 83.8. The van der Waals surface area contributed by atoms with Gasteiger partial charge in [0.15, 0.2) is 0 Å². The van der Waals surface area contributed by atoms with Gasteiger partial charge in [0.2, 0.25) is 0 Å². The van der Waals surface area contributed by atoms with Gasteiger partial charge in [-0.2, -0.15) is 0 Å². The van der Waals surface area contributed by atoms with Crippen LogP contribution in [0.25, 0.3) is 21.9 Å². The Bertz CT molecular complexity index is 5030. The number of benzene rings is 13. The number of rotatable bonds is 18. The fraction of sp³-hybridized carbons (Fsp3) is 0.402. The molecule has 13 aromatic carbocycles. The average molecular weight is 1690 g/mol. The van der Waals surface area contributed by atoms with E-state index in [2.05, 4.69) is 526 Å². The molecule has 0 atom stereocenters. The highest BCUT2D eigenvalue weighted by Gasteiger charge is 2.41. The maximum Gasteiger partial charge on any atom is 0.0203 e. The number of aryl methyl sites for hydroxylation is 5. The van der Waals surface area contributed by atoms with Crippen LogP contribution in [0.2, 0.25) is 0 Å². The highest BCUT2D eigenvalue weighted by Crippen LogP contribution is 2.51. The Morgan fingerprint density at radius 2 is 0.693 bits per heavy atom. The summed E-state index contributed by atoms with van der Waals surface area (Å²) in [6.45, 7) is 59.7. The van der Waals surface area contributed by atoms with E-state index in [4.69, 9.17) is 0 Å². The predicted molar refractivity (Wildman–Crippen MR) is 561 cm³/mol. The molecule has 0 aliphatic heterocycles. The van der Waals surface area contributed by atoms with Crippen LogP contribution >= 0.6 is 0 Å². The van der Waals surface area contributed by atoms with Crippen molar-refractivity contribution in [2.75, 3.05) is 0 Å². The van der Waals surface area contributed by atoms with Crippen molar-refractivity contribution < 1.29 is 0 Å². The highest BCUT2D eigenvalue weighted by atomic mass is 14.5. The van der Waals surface area contributed by atoms with Gasteiger partial charge in [-0.1, -0.05) is 521 Å². The Kier molecular flexibility index (Phi) is 38.3. The Hall–Kier alpha value is -9.88. The van der Waals surface area contributed by atoms with Crippen molar-refractivity contribution in [3.05, 3.63) is 429 Å². The van der Waals surface area contributed by atoms with Crippen molar-refractivity contribution in [3.8, 4) is 11.1 Å². The third-order valence-electron chi connectivity index (χ3n) is 26.2. The molecule has 1 aliphatic rings. The molecule has 14 rings (SSSR count). The van der Waals surface area contributed by atoms with E-state index in [1.54, 1.807) is 0 Å². The minimum absolute atomic E-state index is 0.0899. The average Bonchev–Trinajstić information content (AvgIpc) is 0.764. The monoisotopic (exact) mass is 1690 g/mol. The van der Waals surface area contributed by atoms with E-state index in [1.807, 2.05) is 0 Å². The van der Waals surface area contributed by atoms with Crippen LogP contribution in [0.5, 0.6) is 0 Å². The first-order chi connectivity index (χ1) is 59.9. The van der Waals surface area contributed by atoms with Crippen LogP contribution in [-0.2, 0) is 40.9 Å². The van der Waals surface area contributed by atoms with Gasteiger partial charge in [-0.3, -0.25) is 0 Å². The Labute approximate surface area is 775 Å². The molecule has 0 N–H and O–H groups in total. The second-order valence-corrected chi connectivity index (χ2v) is 44.8.